The van der Waals surface area contributed by atoms with Gasteiger partial charge in [-0.2, -0.15) is 0 Å². The fourth-order valence-electron chi connectivity index (χ4n) is 1.32. The van der Waals surface area contributed by atoms with Gasteiger partial charge in [0.1, 0.15) is 22.7 Å². The van der Waals surface area contributed by atoms with Crippen molar-refractivity contribution >= 4 is 46.4 Å². The fourth-order valence-corrected chi connectivity index (χ4v) is 2.23. The molecule has 0 amide bonds. The maximum atomic E-state index is 5.93. The zero-order valence-electron chi connectivity index (χ0n) is 8.96. The number of aromatic nitrogens is 1. The van der Waals surface area contributed by atoms with Gasteiger partial charge in [0.05, 0.1) is 0 Å². The van der Waals surface area contributed by atoms with Crippen LogP contribution in [0.1, 0.15) is 5.56 Å². The predicted octanol–water partition coefficient (Wildman–Crippen LogP) is 5.27. The Bertz CT molecular complexity index is 554. The van der Waals surface area contributed by atoms with Gasteiger partial charge in [0, 0.05) is 15.6 Å². The lowest BCUT2D eigenvalue weighted by molar-refractivity contribution is 0.306. The molecule has 0 atom stereocenters. The molecule has 0 aliphatic heterocycles. The van der Waals surface area contributed by atoms with Crippen molar-refractivity contribution < 1.29 is 4.74 Å². The molecule has 94 valence electrons. The van der Waals surface area contributed by atoms with E-state index >= 15 is 0 Å². The van der Waals surface area contributed by atoms with Crippen LogP contribution in [0.2, 0.25) is 20.4 Å². The summed E-state index contributed by atoms with van der Waals surface area (Å²) in [5.41, 5.74) is 0.733. The zero-order valence-corrected chi connectivity index (χ0v) is 12.0. The van der Waals surface area contributed by atoms with E-state index in [4.69, 9.17) is 51.1 Å². The summed E-state index contributed by atoms with van der Waals surface area (Å²) in [5, 5.41) is 1.68. The van der Waals surface area contributed by atoms with E-state index in [1.165, 1.54) is 0 Å². The van der Waals surface area contributed by atoms with E-state index in [9.17, 15) is 0 Å². The minimum atomic E-state index is 0.264. The van der Waals surface area contributed by atoms with Crippen LogP contribution in [-0.4, -0.2) is 4.98 Å². The molecule has 1 aromatic heterocycles. The number of pyridine rings is 1. The van der Waals surface area contributed by atoms with Crippen LogP contribution in [-0.2, 0) is 6.61 Å². The molecule has 0 radical (unpaired) electrons. The number of benzene rings is 1. The van der Waals surface area contributed by atoms with Gasteiger partial charge in [-0.3, -0.25) is 0 Å². The van der Waals surface area contributed by atoms with Crippen molar-refractivity contribution in [3.05, 3.63) is 56.2 Å². The Morgan fingerprint density at radius 3 is 2.22 bits per heavy atom. The summed E-state index contributed by atoms with van der Waals surface area (Å²) in [6, 6.07) is 8.38. The van der Waals surface area contributed by atoms with E-state index in [-0.39, 0.29) is 6.61 Å². The van der Waals surface area contributed by atoms with Gasteiger partial charge in [0.2, 0.25) is 0 Å². The van der Waals surface area contributed by atoms with E-state index in [1.807, 2.05) is 0 Å². The Hall–Kier alpha value is -0.670. The average molecular weight is 323 g/mol. The van der Waals surface area contributed by atoms with Crippen molar-refractivity contribution in [3.8, 4) is 5.75 Å². The molecule has 0 unspecified atom stereocenters. The SMILES string of the molecule is Clc1cc(Cl)cc(OCc2ccc(Cl)nc2Cl)c1. The standard InChI is InChI=1S/C12H7Cl4NO/c13-8-3-9(14)5-10(4-8)18-6-7-1-2-11(15)17-12(7)16/h1-5H,6H2. The number of halogens is 4. The van der Waals surface area contributed by atoms with E-state index in [0.717, 1.165) is 5.56 Å². The minimum absolute atomic E-state index is 0.264. The van der Waals surface area contributed by atoms with Crippen LogP contribution in [0.25, 0.3) is 0 Å². The second-order valence-corrected chi connectivity index (χ2v) is 5.10. The van der Waals surface area contributed by atoms with Crippen LogP contribution in [0.4, 0.5) is 0 Å². The lowest BCUT2D eigenvalue weighted by Crippen LogP contribution is -1.97. The summed E-state index contributed by atoms with van der Waals surface area (Å²) in [6.45, 7) is 0.264. The molecular formula is C12H7Cl4NO. The quantitative estimate of drug-likeness (QED) is 0.718. The third-order valence-electron chi connectivity index (χ3n) is 2.12. The summed E-state index contributed by atoms with van der Waals surface area (Å²) >= 11 is 23.4. The van der Waals surface area contributed by atoms with Gasteiger partial charge < -0.3 is 4.74 Å². The maximum absolute atomic E-state index is 5.93. The second kappa shape index (κ2) is 5.98. The fraction of sp³-hybridized carbons (Fsp3) is 0.0833. The smallest absolute Gasteiger partial charge is 0.137 e. The Morgan fingerprint density at radius 2 is 1.61 bits per heavy atom. The van der Waals surface area contributed by atoms with Gasteiger partial charge in [-0.25, -0.2) is 4.98 Å². The minimum Gasteiger partial charge on any atom is -0.489 e. The van der Waals surface area contributed by atoms with E-state index in [2.05, 4.69) is 4.98 Å². The van der Waals surface area contributed by atoms with Gasteiger partial charge in [-0.15, -0.1) is 0 Å². The van der Waals surface area contributed by atoms with Crippen LogP contribution in [0, 0.1) is 0 Å². The van der Waals surface area contributed by atoms with Crippen LogP contribution in [0.15, 0.2) is 30.3 Å². The lowest BCUT2D eigenvalue weighted by Gasteiger charge is -2.08. The average Bonchev–Trinajstić information content (AvgIpc) is 2.26. The van der Waals surface area contributed by atoms with Crippen LogP contribution >= 0.6 is 46.4 Å². The van der Waals surface area contributed by atoms with Crippen molar-refractivity contribution in [1.29, 1.82) is 0 Å². The second-order valence-electron chi connectivity index (χ2n) is 3.48. The van der Waals surface area contributed by atoms with Gasteiger partial charge >= 0.3 is 0 Å². The number of hydrogen-bond donors (Lipinski definition) is 0. The summed E-state index contributed by atoms with van der Waals surface area (Å²) in [7, 11) is 0. The molecule has 2 rings (SSSR count). The monoisotopic (exact) mass is 321 g/mol. The largest absolute Gasteiger partial charge is 0.489 e. The Labute approximate surface area is 124 Å². The molecule has 2 aromatic rings. The third-order valence-corrected chi connectivity index (χ3v) is 3.10. The van der Waals surface area contributed by atoms with Gasteiger partial charge in [-0.05, 0) is 30.3 Å². The zero-order chi connectivity index (χ0) is 13.1. The summed E-state index contributed by atoms with van der Waals surface area (Å²) in [5.74, 6) is 0.568. The van der Waals surface area contributed by atoms with Crippen molar-refractivity contribution in [2.45, 2.75) is 6.61 Å². The molecular weight excluding hydrogens is 316 g/mol. The first-order valence-corrected chi connectivity index (χ1v) is 6.45. The molecule has 0 spiro atoms. The topological polar surface area (TPSA) is 22.1 Å². The highest BCUT2D eigenvalue weighted by atomic mass is 35.5. The van der Waals surface area contributed by atoms with E-state index in [1.54, 1.807) is 30.3 Å². The first-order valence-electron chi connectivity index (χ1n) is 4.94. The van der Waals surface area contributed by atoms with Crippen molar-refractivity contribution in [3.63, 3.8) is 0 Å². The highest BCUT2D eigenvalue weighted by molar-refractivity contribution is 6.34. The molecule has 2 nitrogen and oxygen atoms in total. The van der Waals surface area contributed by atoms with E-state index in [0.29, 0.717) is 26.1 Å². The number of ether oxygens (including phenoxy) is 1. The third kappa shape index (κ3) is 3.66. The Kier molecular flexibility index (Phi) is 4.57. The van der Waals surface area contributed by atoms with Gasteiger partial charge in [0.15, 0.2) is 0 Å². The molecule has 0 fully saturated rings. The molecule has 0 aliphatic carbocycles. The highest BCUT2D eigenvalue weighted by Gasteiger charge is 2.05. The molecule has 18 heavy (non-hydrogen) atoms. The van der Waals surface area contributed by atoms with Crippen LogP contribution in [0.5, 0.6) is 5.75 Å². The highest BCUT2D eigenvalue weighted by Crippen LogP contribution is 2.25. The first kappa shape index (κ1) is 13.8. The molecule has 6 heteroatoms. The Morgan fingerprint density at radius 1 is 0.944 bits per heavy atom. The Balaban J connectivity index is 2.11. The molecule has 0 saturated heterocycles. The maximum Gasteiger partial charge on any atom is 0.137 e. The molecule has 1 heterocycles. The van der Waals surface area contributed by atoms with Crippen molar-refractivity contribution in [2.24, 2.45) is 0 Å². The molecule has 0 aliphatic rings. The van der Waals surface area contributed by atoms with Gasteiger partial charge in [-0.1, -0.05) is 46.4 Å². The summed E-state index contributed by atoms with van der Waals surface area (Å²) in [4.78, 5) is 3.92. The van der Waals surface area contributed by atoms with Crippen molar-refractivity contribution in [2.75, 3.05) is 0 Å². The molecule has 0 saturated carbocycles. The number of rotatable bonds is 3. The predicted molar refractivity (Wildman–Crippen MR) is 75.1 cm³/mol. The lowest BCUT2D eigenvalue weighted by atomic mass is 10.3. The van der Waals surface area contributed by atoms with Crippen LogP contribution < -0.4 is 4.74 Å². The van der Waals surface area contributed by atoms with E-state index < -0.39 is 0 Å². The summed E-state index contributed by atoms with van der Waals surface area (Å²) in [6.07, 6.45) is 0. The number of nitrogens with zero attached hydrogens (tertiary/aromatic N) is 1. The number of hydrogen-bond acceptors (Lipinski definition) is 2. The normalized spacial score (nSPS) is 10.4. The molecule has 1 aromatic carbocycles. The summed E-state index contributed by atoms with van der Waals surface area (Å²) < 4.78 is 5.54. The van der Waals surface area contributed by atoms with Crippen molar-refractivity contribution in [1.82, 2.24) is 4.98 Å². The molecule has 0 N–H and O–H groups in total. The van der Waals surface area contributed by atoms with Gasteiger partial charge in [0.25, 0.3) is 0 Å². The van der Waals surface area contributed by atoms with Crippen LogP contribution in [0.3, 0.4) is 0 Å². The molecule has 0 bridgehead atoms. The first-order chi connectivity index (χ1) is 8.54.